The lowest BCUT2D eigenvalue weighted by Gasteiger charge is -2.21. The first-order valence-electron chi connectivity index (χ1n) is 12.2. The SMILES string of the molecule is [C-]#[N+]c1ccc(-c2cc(C(=O)N3CCCNCC3)sc2-c2ccc3nn(C(C)(C)CO)cc3c2)cc1F. The highest BCUT2D eigenvalue weighted by atomic mass is 32.1. The van der Waals surface area contributed by atoms with Crippen molar-refractivity contribution in [3.05, 3.63) is 70.8 Å². The van der Waals surface area contributed by atoms with Crippen molar-refractivity contribution in [3.63, 3.8) is 0 Å². The number of hydrogen-bond acceptors (Lipinski definition) is 5. The molecule has 2 N–H and O–H groups in total. The lowest BCUT2D eigenvalue weighted by atomic mass is 10.0. The molecule has 1 amide bonds. The third-order valence-corrected chi connectivity index (χ3v) is 7.90. The average Bonchev–Trinajstić information content (AvgIpc) is 3.44. The lowest BCUT2D eigenvalue weighted by Crippen LogP contribution is -2.33. The molecule has 2 aromatic heterocycles. The molecule has 4 aromatic rings. The smallest absolute Gasteiger partial charge is 0.264 e. The minimum absolute atomic E-state index is 0.0296. The van der Waals surface area contributed by atoms with Crippen molar-refractivity contribution in [1.82, 2.24) is 20.0 Å². The molecule has 9 heteroatoms. The van der Waals surface area contributed by atoms with Crippen LogP contribution in [0.1, 0.15) is 29.9 Å². The fourth-order valence-electron chi connectivity index (χ4n) is 4.44. The Balaban J connectivity index is 1.62. The zero-order valence-corrected chi connectivity index (χ0v) is 21.6. The highest BCUT2D eigenvalue weighted by Gasteiger charge is 2.24. The molecule has 0 saturated carbocycles. The molecule has 2 aromatic carbocycles. The molecule has 37 heavy (non-hydrogen) atoms. The summed E-state index contributed by atoms with van der Waals surface area (Å²) < 4.78 is 16.4. The predicted octanol–water partition coefficient (Wildman–Crippen LogP) is 5.28. The van der Waals surface area contributed by atoms with Crippen molar-refractivity contribution in [3.8, 4) is 21.6 Å². The first-order chi connectivity index (χ1) is 17.8. The van der Waals surface area contributed by atoms with E-state index in [-0.39, 0.29) is 18.2 Å². The molecule has 1 saturated heterocycles. The second kappa shape index (κ2) is 10.1. The van der Waals surface area contributed by atoms with Gasteiger partial charge >= 0.3 is 0 Å². The van der Waals surface area contributed by atoms with Gasteiger partial charge in [0, 0.05) is 41.7 Å². The maximum Gasteiger partial charge on any atom is 0.264 e. The van der Waals surface area contributed by atoms with E-state index in [1.54, 1.807) is 10.7 Å². The Bertz CT molecular complexity index is 1510. The van der Waals surface area contributed by atoms with Gasteiger partial charge in [-0.1, -0.05) is 18.2 Å². The number of carbonyl (C=O) groups is 1. The number of nitrogens with zero attached hydrogens (tertiary/aromatic N) is 4. The van der Waals surface area contributed by atoms with Crippen molar-refractivity contribution in [2.24, 2.45) is 0 Å². The Labute approximate surface area is 219 Å². The number of carbonyl (C=O) groups excluding carboxylic acids is 1. The Hall–Kier alpha value is -3.58. The number of benzene rings is 2. The molecule has 5 rings (SSSR count). The molecule has 1 aliphatic rings. The Morgan fingerprint density at radius 1 is 1.19 bits per heavy atom. The summed E-state index contributed by atoms with van der Waals surface area (Å²) >= 11 is 1.40. The van der Waals surface area contributed by atoms with Crippen LogP contribution in [0.15, 0.2) is 48.7 Å². The van der Waals surface area contributed by atoms with Crippen molar-refractivity contribution in [2.45, 2.75) is 25.8 Å². The number of amides is 1. The molecular formula is C28H28FN5O2S. The number of fused-ring (bicyclic) bond motifs is 1. The van der Waals surface area contributed by atoms with Gasteiger partial charge in [-0.2, -0.15) is 5.10 Å². The third kappa shape index (κ3) is 4.88. The largest absolute Gasteiger partial charge is 0.394 e. The fourth-order valence-corrected chi connectivity index (χ4v) is 5.59. The van der Waals surface area contributed by atoms with E-state index in [9.17, 15) is 14.3 Å². The molecule has 0 aliphatic carbocycles. The van der Waals surface area contributed by atoms with Gasteiger partial charge in [0.25, 0.3) is 5.91 Å². The molecule has 190 valence electrons. The third-order valence-electron chi connectivity index (χ3n) is 6.72. The van der Waals surface area contributed by atoms with Crippen LogP contribution < -0.4 is 5.32 Å². The van der Waals surface area contributed by atoms with Gasteiger partial charge in [-0.15, -0.1) is 11.3 Å². The normalized spacial score (nSPS) is 14.5. The first-order valence-corrected chi connectivity index (χ1v) is 13.0. The van der Waals surface area contributed by atoms with E-state index in [2.05, 4.69) is 15.3 Å². The van der Waals surface area contributed by atoms with Gasteiger partial charge in [-0.25, -0.2) is 9.24 Å². The zero-order chi connectivity index (χ0) is 26.2. The number of aromatic nitrogens is 2. The van der Waals surface area contributed by atoms with Crippen LogP contribution in [-0.2, 0) is 5.54 Å². The highest BCUT2D eigenvalue weighted by molar-refractivity contribution is 7.18. The van der Waals surface area contributed by atoms with Gasteiger partial charge in [0.1, 0.15) is 5.82 Å². The minimum atomic E-state index is -0.584. The molecule has 0 unspecified atom stereocenters. The molecular weight excluding hydrogens is 489 g/mol. The van der Waals surface area contributed by atoms with E-state index in [0.717, 1.165) is 46.4 Å². The quantitative estimate of drug-likeness (QED) is 0.353. The molecule has 1 aliphatic heterocycles. The molecule has 0 bridgehead atoms. The van der Waals surface area contributed by atoms with E-state index in [1.807, 2.05) is 49.2 Å². The number of nitrogens with one attached hydrogen (secondary N) is 1. The Morgan fingerprint density at radius 3 is 2.76 bits per heavy atom. The van der Waals surface area contributed by atoms with Crippen LogP contribution in [0.2, 0.25) is 0 Å². The van der Waals surface area contributed by atoms with Crippen LogP contribution in [0.25, 0.3) is 37.3 Å². The van der Waals surface area contributed by atoms with E-state index in [0.29, 0.717) is 23.5 Å². The maximum absolute atomic E-state index is 14.6. The number of halogens is 1. The van der Waals surface area contributed by atoms with Gasteiger partial charge in [0.2, 0.25) is 5.69 Å². The van der Waals surface area contributed by atoms with Crippen LogP contribution in [-0.4, -0.2) is 58.5 Å². The fraction of sp³-hybridized carbons (Fsp3) is 0.321. The van der Waals surface area contributed by atoms with Crippen LogP contribution in [0, 0.1) is 12.4 Å². The van der Waals surface area contributed by atoms with Crippen molar-refractivity contribution >= 4 is 33.8 Å². The Kier molecular flexibility index (Phi) is 6.82. The molecule has 1 fully saturated rings. The molecule has 7 nitrogen and oxygen atoms in total. The molecule has 0 spiro atoms. The first kappa shape index (κ1) is 25.1. The summed E-state index contributed by atoms with van der Waals surface area (Å²) in [4.78, 5) is 20.0. The second-order valence-corrected chi connectivity index (χ2v) is 10.9. The number of aliphatic hydroxyl groups excluding tert-OH is 1. The summed E-state index contributed by atoms with van der Waals surface area (Å²) in [5.74, 6) is -0.614. The van der Waals surface area contributed by atoms with Crippen molar-refractivity contribution in [2.75, 3.05) is 32.8 Å². The highest BCUT2D eigenvalue weighted by Crippen LogP contribution is 2.41. The maximum atomic E-state index is 14.6. The van der Waals surface area contributed by atoms with Gasteiger partial charge in [-0.05, 0) is 62.2 Å². The van der Waals surface area contributed by atoms with Gasteiger partial charge in [-0.3, -0.25) is 9.48 Å². The summed E-state index contributed by atoms with van der Waals surface area (Å²) in [6.07, 6.45) is 2.80. The van der Waals surface area contributed by atoms with Gasteiger partial charge < -0.3 is 15.3 Å². The van der Waals surface area contributed by atoms with Crippen LogP contribution in [0.4, 0.5) is 10.1 Å². The summed E-state index contributed by atoms with van der Waals surface area (Å²) in [6.45, 7) is 13.9. The summed E-state index contributed by atoms with van der Waals surface area (Å²) in [7, 11) is 0. The topological polar surface area (TPSA) is 74.8 Å². The predicted molar refractivity (Wildman–Crippen MR) is 144 cm³/mol. The van der Waals surface area contributed by atoms with E-state index in [4.69, 9.17) is 6.57 Å². The van der Waals surface area contributed by atoms with Gasteiger partial charge in [0.05, 0.1) is 29.1 Å². The second-order valence-electron chi connectivity index (χ2n) is 9.85. The summed E-state index contributed by atoms with van der Waals surface area (Å²) in [6, 6.07) is 12.3. The summed E-state index contributed by atoms with van der Waals surface area (Å²) in [5.41, 5.74) is 2.47. The standard InChI is InChI=1S/C28H28FN5O2S/c1-28(2,17-35)34-16-20-13-19(6-7-23(20)32-34)26-21(18-5-8-24(30-3)22(29)14-18)15-25(37-26)27(36)33-11-4-9-31-10-12-33/h5-8,13-16,31,35H,4,9-12,17H2,1-2H3. The molecule has 3 heterocycles. The van der Waals surface area contributed by atoms with Crippen LogP contribution in [0.3, 0.4) is 0 Å². The van der Waals surface area contributed by atoms with Crippen molar-refractivity contribution in [1.29, 1.82) is 0 Å². The van der Waals surface area contributed by atoms with Gasteiger partial charge in [0.15, 0.2) is 0 Å². The zero-order valence-electron chi connectivity index (χ0n) is 20.8. The average molecular weight is 518 g/mol. The molecule has 0 radical (unpaired) electrons. The van der Waals surface area contributed by atoms with E-state index < -0.39 is 11.4 Å². The number of aliphatic hydroxyl groups is 1. The van der Waals surface area contributed by atoms with E-state index in [1.165, 1.54) is 23.5 Å². The Morgan fingerprint density at radius 2 is 2.00 bits per heavy atom. The van der Waals surface area contributed by atoms with Crippen LogP contribution in [0.5, 0.6) is 0 Å². The monoisotopic (exact) mass is 517 g/mol. The van der Waals surface area contributed by atoms with E-state index >= 15 is 0 Å². The number of rotatable bonds is 5. The van der Waals surface area contributed by atoms with Crippen LogP contribution >= 0.6 is 11.3 Å². The summed E-state index contributed by atoms with van der Waals surface area (Å²) in [5, 5.41) is 18.6. The lowest BCUT2D eigenvalue weighted by molar-refractivity contribution is 0.0771. The number of hydrogen-bond donors (Lipinski definition) is 2. The molecule has 0 atom stereocenters. The number of thiophene rings is 1. The minimum Gasteiger partial charge on any atom is -0.394 e. The van der Waals surface area contributed by atoms with Crippen molar-refractivity contribution < 1.29 is 14.3 Å².